The van der Waals surface area contributed by atoms with Crippen molar-refractivity contribution in [3.05, 3.63) is 122 Å². The van der Waals surface area contributed by atoms with Crippen molar-refractivity contribution in [3.8, 4) is 17.2 Å². The maximum absolute atomic E-state index is 13.3. The maximum Gasteiger partial charge on any atom is 0.407 e. The van der Waals surface area contributed by atoms with E-state index in [0.717, 1.165) is 33.8 Å². The predicted octanol–water partition coefficient (Wildman–Crippen LogP) is 7.40. The summed E-state index contributed by atoms with van der Waals surface area (Å²) in [4.78, 5) is 31.0. The summed E-state index contributed by atoms with van der Waals surface area (Å²) >= 11 is 7.19. The van der Waals surface area contributed by atoms with E-state index < -0.39 is 6.09 Å². The Bertz CT molecular complexity index is 1650. The second-order valence-electron chi connectivity index (χ2n) is 10.8. The fourth-order valence-corrected chi connectivity index (χ4v) is 6.04. The smallest absolute Gasteiger partial charge is 0.407 e. The van der Waals surface area contributed by atoms with Gasteiger partial charge in [-0.15, -0.1) is 0 Å². The lowest BCUT2D eigenvalue weighted by Gasteiger charge is -2.14. The molecule has 12 heteroatoms. The van der Waals surface area contributed by atoms with Gasteiger partial charge in [0.05, 0.1) is 29.8 Å². The second-order valence-corrected chi connectivity index (χ2v) is 12.5. The van der Waals surface area contributed by atoms with Gasteiger partial charge in [-0.05, 0) is 103 Å². The monoisotopic (exact) mass is 795 g/mol. The number of carbonyl (C=O) groups excluding carboxylic acids is 2. The zero-order valence-corrected chi connectivity index (χ0v) is 30.5. The Morgan fingerprint density at radius 1 is 0.714 bits per heavy atom. The molecule has 49 heavy (non-hydrogen) atoms. The van der Waals surface area contributed by atoms with Crippen LogP contribution in [0.5, 0.6) is 17.2 Å². The fraction of sp³-hybridized carbons (Fsp3) is 0.270. The quantitative estimate of drug-likeness (QED) is 0.0613. The molecule has 0 saturated heterocycles. The Hall–Kier alpha value is -4.55. The van der Waals surface area contributed by atoms with Crippen LogP contribution in [0.2, 0.25) is 0 Å². The number of hydrogen-bond acceptors (Lipinski definition) is 8. The number of oxime groups is 1. The first-order valence-electron chi connectivity index (χ1n) is 15.6. The van der Waals surface area contributed by atoms with E-state index in [-0.39, 0.29) is 31.3 Å². The van der Waals surface area contributed by atoms with Crippen LogP contribution in [0.1, 0.15) is 28.7 Å². The van der Waals surface area contributed by atoms with Crippen molar-refractivity contribution >= 4 is 49.6 Å². The molecule has 0 radical (unpaired) electrons. The molecule has 2 amide bonds. The molecule has 0 fully saturated rings. The normalized spacial score (nSPS) is 11.0. The molecular weight excluding hydrogens is 758 g/mol. The summed E-state index contributed by atoms with van der Waals surface area (Å²) in [6, 6.07) is 28.4. The third-order valence-electron chi connectivity index (χ3n) is 7.16. The Balaban J connectivity index is 1.32. The van der Waals surface area contributed by atoms with Crippen LogP contribution in [0.4, 0.5) is 4.79 Å². The number of halogens is 2. The second kappa shape index (κ2) is 20.1. The molecule has 0 saturated carbocycles. The third kappa shape index (κ3) is 12.8. The fourth-order valence-electron chi connectivity index (χ4n) is 4.53. The zero-order chi connectivity index (χ0) is 34.8. The summed E-state index contributed by atoms with van der Waals surface area (Å²) in [7, 11) is 3.23. The van der Waals surface area contributed by atoms with Crippen LogP contribution in [0.25, 0.3) is 0 Å². The van der Waals surface area contributed by atoms with E-state index in [9.17, 15) is 9.59 Å². The standard InChI is InChI=1S/C37H39Br2N3O7/c1-45-30-13-9-26(10-14-30)17-19-40-36(43)34(42-49-25-28-11-15-31(46-2)16-12-28)23-29-21-32(38)35(33(39)22-29)47-20-6-18-41-37(44)48-24-27-7-4-3-5-8-27/h3-5,7-16,21-22H,6,17-20,23-25H2,1-2H3,(H,40,43)(H,41,44)/b42-34+. The summed E-state index contributed by atoms with van der Waals surface area (Å²) in [6.07, 6.45) is 0.943. The third-order valence-corrected chi connectivity index (χ3v) is 8.34. The lowest BCUT2D eigenvalue weighted by atomic mass is 10.1. The van der Waals surface area contributed by atoms with Crippen LogP contribution in [0.15, 0.2) is 105 Å². The van der Waals surface area contributed by atoms with Gasteiger partial charge in [-0.3, -0.25) is 4.79 Å². The first-order valence-corrected chi connectivity index (χ1v) is 17.2. The number of alkyl carbamates (subject to hydrolysis) is 1. The molecule has 258 valence electrons. The highest BCUT2D eigenvalue weighted by Crippen LogP contribution is 2.35. The van der Waals surface area contributed by atoms with Crippen molar-refractivity contribution in [1.29, 1.82) is 0 Å². The van der Waals surface area contributed by atoms with Crippen LogP contribution in [-0.4, -0.2) is 51.6 Å². The maximum atomic E-state index is 13.3. The summed E-state index contributed by atoms with van der Waals surface area (Å²) in [6.45, 7) is 1.57. The Morgan fingerprint density at radius 2 is 1.33 bits per heavy atom. The number of ether oxygens (including phenoxy) is 4. The molecule has 0 aliphatic heterocycles. The number of hydrogen-bond donors (Lipinski definition) is 2. The largest absolute Gasteiger partial charge is 0.497 e. The zero-order valence-electron chi connectivity index (χ0n) is 27.4. The van der Waals surface area contributed by atoms with E-state index in [1.165, 1.54) is 0 Å². The number of nitrogens with one attached hydrogen (secondary N) is 2. The lowest BCUT2D eigenvalue weighted by molar-refractivity contribution is -0.115. The van der Waals surface area contributed by atoms with E-state index in [0.29, 0.717) is 47.2 Å². The Labute approximate surface area is 303 Å². The van der Waals surface area contributed by atoms with Crippen molar-refractivity contribution in [2.75, 3.05) is 33.9 Å². The highest BCUT2D eigenvalue weighted by atomic mass is 79.9. The minimum atomic E-state index is -0.481. The van der Waals surface area contributed by atoms with Gasteiger partial charge < -0.3 is 34.4 Å². The summed E-state index contributed by atoms with van der Waals surface area (Å²) < 4.78 is 23.1. The van der Waals surface area contributed by atoms with Crippen LogP contribution >= 0.6 is 31.9 Å². The van der Waals surface area contributed by atoms with Crippen molar-refractivity contribution < 1.29 is 33.4 Å². The van der Waals surface area contributed by atoms with Gasteiger partial charge in [0.2, 0.25) is 0 Å². The number of methoxy groups -OCH3 is 2. The van der Waals surface area contributed by atoms with E-state index in [4.69, 9.17) is 23.8 Å². The molecule has 4 aromatic rings. The molecule has 0 aliphatic carbocycles. The topological polar surface area (TPSA) is 117 Å². The van der Waals surface area contributed by atoms with Crippen LogP contribution < -0.4 is 24.8 Å². The minimum Gasteiger partial charge on any atom is -0.497 e. The molecule has 0 bridgehead atoms. The summed E-state index contributed by atoms with van der Waals surface area (Å²) in [5, 5.41) is 9.95. The number of amides is 2. The molecule has 0 heterocycles. The molecule has 4 aromatic carbocycles. The highest BCUT2D eigenvalue weighted by molar-refractivity contribution is 9.11. The highest BCUT2D eigenvalue weighted by Gasteiger charge is 2.17. The summed E-state index contributed by atoms with van der Waals surface area (Å²) in [5.41, 5.74) is 3.91. The van der Waals surface area contributed by atoms with Gasteiger partial charge in [-0.25, -0.2) is 4.79 Å². The number of nitrogens with zero attached hydrogens (tertiary/aromatic N) is 1. The molecule has 0 spiro atoms. The molecule has 4 rings (SSSR count). The average molecular weight is 798 g/mol. The van der Waals surface area contributed by atoms with Crippen molar-refractivity contribution in [2.45, 2.75) is 32.5 Å². The van der Waals surface area contributed by atoms with Gasteiger partial charge in [0.15, 0.2) is 0 Å². The van der Waals surface area contributed by atoms with E-state index in [1.807, 2.05) is 91.0 Å². The van der Waals surface area contributed by atoms with Gasteiger partial charge in [-0.2, -0.15) is 0 Å². The molecule has 0 aliphatic rings. The molecule has 0 aromatic heterocycles. The van der Waals surface area contributed by atoms with E-state index in [1.54, 1.807) is 14.2 Å². The van der Waals surface area contributed by atoms with Crippen LogP contribution in [0.3, 0.4) is 0 Å². The van der Waals surface area contributed by atoms with E-state index >= 15 is 0 Å². The predicted molar refractivity (Wildman–Crippen MR) is 195 cm³/mol. The Morgan fingerprint density at radius 3 is 1.96 bits per heavy atom. The lowest BCUT2D eigenvalue weighted by Crippen LogP contribution is -2.34. The summed E-state index contributed by atoms with van der Waals surface area (Å²) in [5.74, 6) is 1.79. The molecule has 10 nitrogen and oxygen atoms in total. The van der Waals surface area contributed by atoms with Crippen molar-refractivity contribution in [3.63, 3.8) is 0 Å². The van der Waals surface area contributed by atoms with Gasteiger partial charge in [0, 0.05) is 19.5 Å². The first kappa shape index (κ1) is 37.3. The van der Waals surface area contributed by atoms with Gasteiger partial charge in [0.1, 0.15) is 36.2 Å². The molecule has 0 atom stereocenters. The molecule has 0 unspecified atom stereocenters. The molecule has 2 N–H and O–H groups in total. The first-order chi connectivity index (χ1) is 23.8. The van der Waals surface area contributed by atoms with E-state index in [2.05, 4.69) is 47.6 Å². The SMILES string of the molecule is COc1ccc(CCNC(=O)/C(Cc2cc(Br)c(OCCCNC(=O)OCc3ccccc3)c(Br)c2)=N/OCc2ccc(OC)cc2)cc1. The molecular formula is C37H39Br2N3O7. The van der Waals surface area contributed by atoms with Gasteiger partial charge in [-0.1, -0.05) is 59.8 Å². The average Bonchev–Trinajstić information content (AvgIpc) is 3.12. The number of benzene rings is 4. The van der Waals surface area contributed by atoms with Crippen molar-refractivity contribution in [1.82, 2.24) is 10.6 Å². The van der Waals surface area contributed by atoms with Crippen LogP contribution in [-0.2, 0) is 40.4 Å². The van der Waals surface area contributed by atoms with Gasteiger partial charge in [0.25, 0.3) is 5.91 Å². The number of rotatable bonds is 18. The van der Waals surface area contributed by atoms with Gasteiger partial charge >= 0.3 is 6.09 Å². The van der Waals surface area contributed by atoms with Crippen LogP contribution in [0, 0.1) is 0 Å². The minimum absolute atomic E-state index is 0.187. The number of carbonyl (C=O) groups is 2. The Kier molecular flexibility index (Phi) is 15.3. The van der Waals surface area contributed by atoms with Crippen molar-refractivity contribution in [2.24, 2.45) is 5.16 Å².